The van der Waals surface area contributed by atoms with E-state index >= 15 is 0 Å². The summed E-state index contributed by atoms with van der Waals surface area (Å²) in [5.74, 6) is 2.55. The maximum Gasteiger partial charge on any atom is 0.220 e. The molecule has 1 amide bonds. The Morgan fingerprint density at radius 3 is 2.79 bits per heavy atom. The molecule has 1 unspecified atom stereocenters. The second-order valence-electron chi connectivity index (χ2n) is 6.26. The van der Waals surface area contributed by atoms with Gasteiger partial charge in [-0.2, -0.15) is 11.8 Å². The van der Waals surface area contributed by atoms with Crippen LogP contribution in [0.5, 0.6) is 0 Å². The van der Waals surface area contributed by atoms with Crippen molar-refractivity contribution in [1.29, 1.82) is 0 Å². The molecular weight excluding hydrogens is 347 g/mol. The molecule has 1 heterocycles. The van der Waals surface area contributed by atoms with Crippen molar-refractivity contribution in [2.75, 3.05) is 25.4 Å². The minimum atomic E-state index is -0.153. The number of rotatable bonds is 8. The lowest BCUT2D eigenvalue weighted by molar-refractivity contribution is -0.122. The van der Waals surface area contributed by atoms with Gasteiger partial charge in [0.15, 0.2) is 0 Å². The van der Waals surface area contributed by atoms with Crippen molar-refractivity contribution < 1.29 is 9.18 Å². The van der Waals surface area contributed by atoms with Crippen molar-refractivity contribution in [1.82, 2.24) is 10.6 Å². The highest BCUT2D eigenvalue weighted by Gasteiger charge is 2.21. The molecule has 1 aromatic rings. The molecule has 0 spiro atoms. The Morgan fingerprint density at radius 2 is 2.08 bits per heavy atom. The SMILES string of the molecule is CC(CC(=O)NCCSCc1ccccc1F)C1CCNCC1.Cl. The summed E-state index contributed by atoms with van der Waals surface area (Å²) in [6.07, 6.45) is 2.96. The molecule has 0 bridgehead atoms. The fourth-order valence-corrected chi connectivity index (χ4v) is 3.85. The summed E-state index contributed by atoms with van der Waals surface area (Å²) < 4.78 is 13.5. The molecular formula is C18H28ClFN2OS. The van der Waals surface area contributed by atoms with Crippen LogP contribution in [0.15, 0.2) is 24.3 Å². The molecule has 136 valence electrons. The standard InChI is InChI=1S/C18H27FN2OS.ClH/c1-14(15-6-8-20-9-7-15)12-18(22)21-10-11-23-13-16-4-2-3-5-17(16)19;/h2-5,14-15,20H,6-13H2,1H3,(H,21,22);1H. The Balaban J connectivity index is 0.00000288. The molecule has 1 aliphatic heterocycles. The molecule has 1 fully saturated rings. The molecule has 0 saturated carbocycles. The molecule has 0 radical (unpaired) electrons. The highest BCUT2D eigenvalue weighted by Crippen LogP contribution is 2.24. The maximum atomic E-state index is 13.5. The quantitative estimate of drug-likeness (QED) is 0.683. The fraction of sp³-hybridized carbons (Fsp3) is 0.611. The van der Waals surface area contributed by atoms with E-state index in [2.05, 4.69) is 17.6 Å². The monoisotopic (exact) mass is 374 g/mol. The first kappa shape index (κ1) is 21.3. The molecule has 0 aliphatic carbocycles. The number of amides is 1. The average molecular weight is 375 g/mol. The van der Waals surface area contributed by atoms with Crippen molar-refractivity contribution in [3.63, 3.8) is 0 Å². The first-order valence-corrected chi connectivity index (χ1v) is 9.61. The van der Waals surface area contributed by atoms with Gasteiger partial charge >= 0.3 is 0 Å². The first-order chi connectivity index (χ1) is 11.2. The third kappa shape index (κ3) is 7.41. The molecule has 6 heteroatoms. The van der Waals surface area contributed by atoms with E-state index in [4.69, 9.17) is 0 Å². The van der Waals surface area contributed by atoms with Crippen LogP contribution in [-0.4, -0.2) is 31.3 Å². The summed E-state index contributed by atoms with van der Waals surface area (Å²) in [5, 5.41) is 6.34. The van der Waals surface area contributed by atoms with Gasteiger partial charge in [0, 0.05) is 24.5 Å². The smallest absolute Gasteiger partial charge is 0.220 e. The predicted molar refractivity (Wildman–Crippen MR) is 102 cm³/mol. The minimum absolute atomic E-state index is 0. The van der Waals surface area contributed by atoms with Crippen LogP contribution in [0.4, 0.5) is 4.39 Å². The van der Waals surface area contributed by atoms with E-state index in [1.54, 1.807) is 17.8 Å². The van der Waals surface area contributed by atoms with Crippen molar-refractivity contribution in [3.8, 4) is 0 Å². The van der Waals surface area contributed by atoms with Gasteiger partial charge in [-0.3, -0.25) is 4.79 Å². The van der Waals surface area contributed by atoms with Gasteiger partial charge in [0.25, 0.3) is 0 Å². The van der Waals surface area contributed by atoms with Crippen LogP contribution in [-0.2, 0) is 10.5 Å². The van der Waals surface area contributed by atoms with Crippen LogP contribution in [0.2, 0.25) is 0 Å². The Morgan fingerprint density at radius 1 is 1.38 bits per heavy atom. The van der Waals surface area contributed by atoms with Crippen molar-refractivity contribution in [3.05, 3.63) is 35.6 Å². The van der Waals surface area contributed by atoms with Crippen molar-refractivity contribution in [2.45, 2.75) is 31.9 Å². The number of carbonyl (C=O) groups excluding carboxylic acids is 1. The van der Waals surface area contributed by atoms with E-state index in [1.807, 2.05) is 12.1 Å². The lowest BCUT2D eigenvalue weighted by Gasteiger charge is -2.27. The summed E-state index contributed by atoms with van der Waals surface area (Å²) in [6, 6.07) is 6.84. The second kappa shape index (κ2) is 11.7. The minimum Gasteiger partial charge on any atom is -0.355 e. The molecule has 1 atom stereocenters. The number of carbonyl (C=O) groups is 1. The van der Waals surface area contributed by atoms with Gasteiger partial charge in [-0.15, -0.1) is 12.4 Å². The molecule has 0 aromatic heterocycles. The molecule has 24 heavy (non-hydrogen) atoms. The Hall–Kier alpha value is -0.780. The lowest BCUT2D eigenvalue weighted by atomic mass is 9.84. The largest absolute Gasteiger partial charge is 0.355 e. The van der Waals surface area contributed by atoms with Gasteiger partial charge in [0.1, 0.15) is 5.82 Å². The topological polar surface area (TPSA) is 41.1 Å². The zero-order chi connectivity index (χ0) is 16.5. The highest BCUT2D eigenvalue weighted by atomic mass is 35.5. The van der Waals surface area contributed by atoms with Crippen LogP contribution in [0.25, 0.3) is 0 Å². The normalized spacial score (nSPS) is 16.2. The Labute approximate surface area is 155 Å². The summed E-state index contributed by atoms with van der Waals surface area (Å²) in [6.45, 7) is 4.98. The number of halogens is 2. The van der Waals surface area contributed by atoms with E-state index in [1.165, 1.54) is 18.9 Å². The van der Waals surface area contributed by atoms with E-state index < -0.39 is 0 Å². The summed E-state index contributed by atoms with van der Waals surface area (Å²) in [7, 11) is 0. The highest BCUT2D eigenvalue weighted by molar-refractivity contribution is 7.98. The van der Waals surface area contributed by atoms with E-state index in [0.29, 0.717) is 30.6 Å². The molecule has 1 aliphatic rings. The number of piperidine rings is 1. The number of thioether (sulfide) groups is 1. The zero-order valence-electron chi connectivity index (χ0n) is 14.2. The molecule has 1 aromatic carbocycles. The van der Waals surface area contributed by atoms with Gasteiger partial charge in [0.05, 0.1) is 0 Å². The van der Waals surface area contributed by atoms with Crippen molar-refractivity contribution in [2.24, 2.45) is 11.8 Å². The molecule has 1 saturated heterocycles. The summed E-state index contributed by atoms with van der Waals surface area (Å²) in [4.78, 5) is 12.0. The number of hydrogen-bond acceptors (Lipinski definition) is 3. The third-order valence-corrected chi connectivity index (χ3v) is 5.49. The average Bonchev–Trinajstić information content (AvgIpc) is 2.57. The molecule has 2 rings (SSSR count). The number of hydrogen-bond donors (Lipinski definition) is 2. The van der Waals surface area contributed by atoms with Crippen LogP contribution in [0.3, 0.4) is 0 Å². The maximum absolute atomic E-state index is 13.5. The summed E-state index contributed by atoms with van der Waals surface area (Å²) in [5.41, 5.74) is 0.725. The van der Waals surface area contributed by atoms with Gasteiger partial charge < -0.3 is 10.6 Å². The number of nitrogens with one attached hydrogen (secondary N) is 2. The van der Waals surface area contributed by atoms with Crippen LogP contribution in [0.1, 0.15) is 31.7 Å². The Kier molecular flexibility index (Phi) is 10.4. The molecule has 3 nitrogen and oxygen atoms in total. The van der Waals surface area contributed by atoms with Crippen LogP contribution >= 0.6 is 24.2 Å². The van der Waals surface area contributed by atoms with Crippen LogP contribution < -0.4 is 10.6 Å². The molecule has 2 N–H and O–H groups in total. The lowest BCUT2D eigenvalue weighted by Crippen LogP contribution is -2.34. The fourth-order valence-electron chi connectivity index (χ4n) is 3.00. The van der Waals surface area contributed by atoms with E-state index in [9.17, 15) is 9.18 Å². The van der Waals surface area contributed by atoms with Gasteiger partial charge in [0.2, 0.25) is 5.91 Å². The Bertz CT molecular complexity index is 498. The van der Waals surface area contributed by atoms with Gasteiger partial charge in [-0.25, -0.2) is 4.39 Å². The van der Waals surface area contributed by atoms with Crippen LogP contribution in [0, 0.1) is 17.7 Å². The van der Waals surface area contributed by atoms with E-state index in [-0.39, 0.29) is 24.1 Å². The van der Waals surface area contributed by atoms with Crippen molar-refractivity contribution >= 4 is 30.1 Å². The van der Waals surface area contributed by atoms with E-state index in [0.717, 1.165) is 24.4 Å². The second-order valence-corrected chi connectivity index (χ2v) is 7.37. The third-order valence-electron chi connectivity index (χ3n) is 4.48. The zero-order valence-corrected chi connectivity index (χ0v) is 15.9. The predicted octanol–water partition coefficient (Wildman–Crippen LogP) is 3.62. The summed E-state index contributed by atoms with van der Waals surface area (Å²) >= 11 is 1.65. The van der Waals surface area contributed by atoms with Gasteiger partial charge in [-0.1, -0.05) is 25.1 Å². The first-order valence-electron chi connectivity index (χ1n) is 8.45. The van der Waals surface area contributed by atoms with Gasteiger partial charge in [-0.05, 0) is 49.4 Å². The number of benzene rings is 1.